The summed E-state index contributed by atoms with van der Waals surface area (Å²) in [5, 5.41) is 3.09. The highest BCUT2D eigenvalue weighted by molar-refractivity contribution is 5.82. The highest BCUT2D eigenvalue weighted by Gasteiger charge is 2.33. The Morgan fingerprint density at radius 1 is 1.48 bits per heavy atom. The average Bonchev–Trinajstić information content (AvgIpc) is 2.48. The van der Waals surface area contributed by atoms with Gasteiger partial charge in [-0.1, -0.05) is 30.3 Å². The van der Waals surface area contributed by atoms with Gasteiger partial charge in [-0.05, 0) is 19.5 Å². The Balaban J connectivity index is 2.10. The number of carbonyl (C=O) groups excluding carboxylic acids is 1. The van der Waals surface area contributed by atoms with Crippen molar-refractivity contribution in [1.82, 2.24) is 10.2 Å². The van der Waals surface area contributed by atoms with Gasteiger partial charge in [0.05, 0.1) is 18.8 Å². The van der Waals surface area contributed by atoms with Crippen LogP contribution in [0.25, 0.3) is 0 Å². The number of nitrogens with one attached hydrogen (secondary N) is 1. The first kappa shape index (κ1) is 15.9. The topological polar surface area (TPSA) is 50.8 Å². The van der Waals surface area contributed by atoms with Gasteiger partial charge in [-0.25, -0.2) is 0 Å². The van der Waals surface area contributed by atoms with E-state index < -0.39 is 11.6 Å². The van der Waals surface area contributed by atoms with Crippen molar-refractivity contribution >= 4 is 5.91 Å². The molecule has 1 aliphatic rings. The van der Waals surface area contributed by atoms with Gasteiger partial charge in [-0.15, -0.1) is 0 Å². The maximum Gasteiger partial charge on any atom is 0.251 e. The third kappa shape index (κ3) is 4.03. The monoisotopic (exact) mass is 292 g/mol. The van der Waals surface area contributed by atoms with Gasteiger partial charge in [-0.2, -0.15) is 0 Å². The van der Waals surface area contributed by atoms with Crippen molar-refractivity contribution in [3.8, 4) is 0 Å². The van der Waals surface area contributed by atoms with E-state index in [1.165, 1.54) is 0 Å². The van der Waals surface area contributed by atoms with Crippen molar-refractivity contribution in [2.75, 3.05) is 40.5 Å². The van der Waals surface area contributed by atoms with Crippen molar-refractivity contribution in [2.24, 2.45) is 0 Å². The summed E-state index contributed by atoms with van der Waals surface area (Å²) in [7, 11) is 3.63. The lowest BCUT2D eigenvalue weighted by atomic mass is 9.92. The standard InChI is InChI=1S/C16H24N2O3/c1-16(12-20-3,13-7-5-4-6-8-13)17-15(19)14-11-18(2)9-10-21-14/h4-8,14H,9-12H2,1-3H3,(H,17,19)/t14-,16-/m0/s1. The molecule has 1 N–H and O–H groups in total. The van der Waals surface area contributed by atoms with Gasteiger partial charge in [0, 0.05) is 20.2 Å². The molecule has 1 aromatic rings. The second kappa shape index (κ2) is 7.02. The third-order valence-corrected chi connectivity index (χ3v) is 3.80. The molecule has 1 aromatic carbocycles. The van der Waals surface area contributed by atoms with Gasteiger partial charge in [0.25, 0.3) is 5.91 Å². The van der Waals surface area contributed by atoms with Crippen LogP contribution < -0.4 is 5.32 Å². The Morgan fingerprint density at radius 3 is 2.81 bits per heavy atom. The van der Waals surface area contributed by atoms with Crippen LogP contribution in [0.15, 0.2) is 30.3 Å². The number of rotatable bonds is 5. The van der Waals surface area contributed by atoms with Gasteiger partial charge < -0.3 is 19.7 Å². The first-order chi connectivity index (χ1) is 10.0. The molecule has 0 saturated carbocycles. The fourth-order valence-corrected chi connectivity index (χ4v) is 2.58. The van der Waals surface area contributed by atoms with E-state index in [9.17, 15) is 4.79 Å². The van der Waals surface area contributed by atoms with Crippen LogP contribution >= 0.6 is 0 Å². The van der Waals surface area contributed by atoms with Gasteiger partial charge in [0.2, 0.25) is 0 Å². The minimum atomic E-state index is -0.563. The SMILES string of the molecule is COC[C@](C)(NC(=O)[C@@H]1CN(C)CCO1)c1ccccc1. The van der Waals surface area contributed by atoms with E-state index in [1.54, 1.807) is 7.11 Å². The van der Waals surface area contributed by atoms with Crippen LogP contribution in [0.4, 0.5) is 0 Å². The minimum absolute atomic E-state index is 0.0926. The maximum atomic E-state index is 12.5. The van der Waals surface area contributed by atoms with E-state index in [2.05, 4.69) is 10.2 Å². The summed E-state index contributed by atoms with van der Waals surface area (Å²) in [5.74, 6) is -0.0926. The predicted octanol–water partition coefficient (Wildman–Crippen LogP) is 0.995. The summed E-state index contributed by atoms with van der Waals surface area (Å²) in [5.41, 5.74) is 0.455. The van der Waals surface area contributed by atoms with Crippen molar-refractivity contribution in [3.63, 3.8) is 0 Å². The quantitative estimate of drug-likeness (QED) is 0.879. The fourth-order valence-electron chi connectivity index (χ4n) is 2.58. The van der Waals surface area contributed by atoms with Crippen molar-refractivity contribution in [3.05, 3.63) is 35.9 Å². The number of nitrogens with zero attached hydrogens (tertiary/aromatic N) is 1. The first-order valence-electron chi connectivity index (χ1n) is 7.22. The lowest BCUT2D eigenvalue weighted by molar-refractivity contribution is -0.140. The van der Waals surface area contributed by atoms with Crippen LogP contribution in [0.1, 0.15) is 12.5 Å². The smallest absolute Gasteiger partial charge is 0.251 e. The molecular weight excluding hydrogens is 268 g/mol. The Kier molecular flexibility index (Phi) is 5.33. The Bertz CT molecular complexity index is 466. The largest absolute Gasteiger partial charge is 0.382 e. The van der Waals surface area contributed by atoms with E-state index in [1.807, 2.05) is 44.3 Å². The minimum Gasteiger partial charge on any atom is -0.382 e. The molecule has 1 heterocycles. The van der Waals surface area contributed by atoms with Gasteiger partial charge >= 0.3 is 0 Å². The fraction of sp³-hybridized carbons (Fsp3) is 0.562. The summed E-state index contributed by atoms with van der Waals surface area (Å²) in [6.45, 7) is 4.43. The van der Waals surface area contributed by atoms with Crippen LogP contribution in [0.2, 0.25) is 0 Å². The molecule has 2 rings (SSSR count). The molecule has 2 atom stereocenters. The summed E-state index contributed by atoms with van der Waals surface area (Å²) < 4.78 is 10.9. The average molecular weight is 292 g/mol. The highest BCUT2D eigenvalue weighted by atomic mass is 16.5. The van der Waals surface area contributed by atoms with Gasteiger partial charge in [0.1, 0.15) is 6.10 Å². The van der Waals surface area contributed by atoms with Crippen molar-refractivity contribution in [2.45, 2.75) is 18.6 Å². The van der Waals surface area contributed by atoms with Crippen LogP contribution in [0, 0.1) is 0 Å². The Hall–Kier alpha value is -1.43. The first-order valence-corrected chi connectivity index (χ1v) is 7.22. The molecule has 1 fully saturated rings. The number of hydrogen-bond donors (Lipinski definition) is 1. The Morgan fingerprint density at radius 2 is 2.19 bits per heavy atom. The number of morpholine rings is 1. The number of likely N-dealkylation sites (N-methyl/N-ethyl adjacent to an activating group) is 1. The molecule has 1 amide bonds. The summed E-state index contributed by atoms with van der Waals surface area (Å²) >= 11 is 0. The third-order valence-electron chi connectivity index (χ3n) is 3.80. The molecular formula is C16H24N2O3. The van der Waals surface area contributed by atoms with Crippen molar-refractivity contribution < 1.29 is 14.3 Å². The zero-order valence-electron chi connectivity index (χ0n) is 13.0. The molecule has 0 aromatic heterocycles. The lowest BCUT2D eigenvalue weighted by Crippen LogP contribution is -2.55. The molecule has 0 bridgehead atoms. The predicted molar refractivity (Wildman–Crippen MR) is 81.0 cm³/mol. The zero-order chi connectivity index (χ0) is 15.3. The number of carbonyl (C=O) groups is 1. The molecule has 0 aliphatic carbocycles. The molecule has 116 valence electrons. The van der Waals surface area contributed by atoms with E-state index in [0.29, 0.717) is 19.8 Å². The molecule has 5 heteroatoms. The number of amides is 1. The molecule has 0 unspecified atom stereocenters. The normalized spacial score (nSPS) is 22.5. The van der Waals surface area contributed by atoms with E-state index in [0.717, 1.165) is 12.1 Å². The zero-order valence-corrected chi connectivity index (χ0v) is 13.0. The van der Waals surface area contributed by atoms with Crippen LogP contribution in [-0.2, 0) is 19.8 Å². The second-order valence-electron chi connectivity index (χ2n) is 5.74. The Labute approximate surface area is 126 Å². The summed E-state index contributed by atoms with van der Waals surface area (Å²) in [4.78, 5) is 14.6. The number of benzene rings is 1. The summed E-state index contributed by atoms with van der Waals surface area (Å²) in [6.07, 6.45) is -0.427. The molecule has 1 saturated heterocycles. The molecule has 5 nitrogen and oxygen atoms in total. The van der Waals surface area contributed by atoms with Crippen molar-refractivity contribution in [1.29, 1.82) is 0 Å². The molecule has 21 heavy (non-hydrogen) atoms. The second-order valence-corrected chi connectivity index (χ2v) is 5.74. The lowest BCUT2D eigenvalue weighted by Gasteiger charge is -2.35. The number of methoxy groups -OCH3 is 1. The molecule has 0 radical (unpaired) electrons. The van der Waals surface area contributed by atoms with E-state index >= 15 is 0 Å². The number of ether oxygens (including phenoxy) is 2. The van der Waals surface area contributed by atoms with E-state index in [4.69, 9.17) is 9.47 Å². The van der Waals surface area contributed by atoms with Crippen LogP contribution in [-0.4, -0.2) is 57.4 Å². The highest BCUT2D eigenvalue weighted by Crippen LogP contribution is 2.21. The van der Waals surface area contributed by atoms with Gasteiger partial charge in [0.15, 0.2) is 0 Å². The van der Waals surface area contributed by atoms with Crippen LogP contribution in [0.5, 0.6) is 0 Å². The maximum absolute atomic E-state index is 12.5. The number of hydrogen-bond acceptors (Lipinski definition) is 4. The van der Waals surface area contributed by atoms with Crippen LogP contribution in [0.3, 0.4) is 0 Å². The van der Waals surface area contributed by atoms with Gasteiger partial charge in [-0.3, -0.25) is 4.79 Å². The summed E-state index contributed by atoms with van der Waals surface area (Å²) in [6, 6.07) is 9.86. The van der Waals surface area contributed by atoms with E-state index in [-0.39, 0.29) is 5.91 Å². The molecule has 0 spiro atoms. The molecule has 1 aliphatic heterocycles.